The first-order valence-electron chi connectivity index (χ1n) is 10.0. The van der Waals surface area contributed by atoms with E-state index in [1.807, 2.05) is 6.07 Å². The lowest BCUT2D eigenvalue weighted by Gasteiger charge is -2.29. The minimum absolute atomic E-state index is 0.696. The molecule has 0 heterocycles. The molecule has 2 heteroatoms. The van der Waals surface area contributed by atoms with Gasteiger partial charge in [-0.3, -0.25) is 4.90 Å². The topological polar surface area (TPSA) is 3.24 Å². The van der Waals surface area contributed by atoms with E-state index in [9.17, 15) is 0 Å². The lowest BCUT2D eigenvalue weighted by atomic mass is 9.88. The van der Waals surface area contributed by atoms with Gasteiger partial charge >= 0.3 is 0 Å². The third kappa shape index (κ3) is 4.13. The molecular formula is C25H26ClN. The Labute approximate surface area is 167 Å². The molecule has 0 aromatic heterocycles. The summed E-state index contributed by atoms with van der Waals surface area (Å²) < 4.78 is 0. The van der Waals surface area contributed by atoms with Crippen LogP contribution in [-0.2, 0) is 6.54 Å². The fourth-order valence-corrected chi connectivity index (χ4v) is 4.74. The standard InChI is InChI=1S/C25H26ClN/c1-2-14-27(17-19-8-4-3-5-9-19)18-25-23-11-7-6-10-20(23)15-21-12-13-22(26)16-24(21)25/h1,6-7,10-13,15-16,19H,3-5,8-9,14,17-18H2. The predicted octanol–water partition coefficient (Wildman–Crippen LogP) is 6.66. The molecule has 0 unspecified atom stereocenters. The summed E-state index contributed by atoms with van der Waals surface area (Å²) in [6.45, 7) is 2.66. The molecule has 0 amide bonds. The van der Waals surface area contributed by atoms with Crippen LogP contribution in [0, 0.1) is 18.3 Å². The SMILES string of the molecule is C#CCN(Cc1c2ccccc2cc2ccc(Cl)cc12)CC1CCCCC1. The monoisotopic (exact) mass is 375 g/mol. The summed E-state index contributed by atoms with van der Waals surface area (Å²) in [5.41, 5.74) is 1.34. The van der Waals surface area contributed by atoms with Gasteiger partial charge in [0.2, 0.25) is 0 Å². The maximum Gasteiger partial charge on any atom is 0.0601 e. The van der Waals surface area contributed by atoms with Gasteiger partial charge in [0.1, 0.15) is 0 Å². The summed E-state index contributed by atoms with van der Waals surface area (Å²) in [5.74, 6) is 3.66. The van der Waals surface area contributed by atoms with E-state index in [1.165, 1.54) is 59.2 Å². The van der Waals surface area contributed by atoms with Crippen LogP contribution in [0.4, 0.5) is 0 Å². The Morgan fingerprint density at radius 3 is 2.56 bits per heavy atom. The zero-order valence-corrected chi connectivity index (χ0v) is 16.5. The van der Waals surface area contributed by atoms with E-state index >= 15 is 0 Å². The molecule has 138 valence electrons. The number of terminal acetylenes is 1. The van der Waals surface area contributed by atoms with Gasteiger partial charge in [-0.1, -0.05) is 67.1 Å². The number of fused-ring (bicyclic) bond motifs is 2. The molecule has 1 nitrogen and oxygen atoms in total. The molecule has 4 rings (SSSR count). The highest BCUT2D eigenvalue weighted by Gasteiger charge is 2.19. The molecule has 27 heavy (non-hydrogen) atoms. The van der Waals surface area contributed by atoms with Gasteiger partial charge in [0.05, 0.1) is 6.54 Å². The van der Waals surface area contributed by atoms with Crippen molar-refractivity contribution in [1.82, 2.24) is 4.90 Å². The van der Waals surface area contributed by atoms with Gasteiger partial charge in [0.15, 0.2) is 0 Å². The van der Waals surface area contributed by atoms with Crippen LogP contribution < -0.4 is 0 Å². The summed E-state index contributed by atoms with van der Waals surface area (Å²) >= 11 is 6.35. The van der Waals surface area contributed by atoms with Crippen molar-refractivity contribution in [2.75, 3.05) is 13.1 Å². The van der Waals surface area contributed by atoms with E-state index in [1.54, 1.807) is 0 Å². The van der Waals surface area contributed by atoms with Crippen LogP contribution in [0.3, 0.4) is 0 Å². The van der Waals surface area contributed by atoms with Crippen LogP contribution in [-0.4, -0.2) is 18.0 Å². The lowest BCUT2D eigenvalue weighted by molar-refractivity contribution is 0.214. The second-order valence-electron chi connectivity index (χ2n) is 7.82. The van der Waals surface area contributed by atoms with Crippen LogP contribution in [0.15, 0.2) is 48.5 Å². The van der Waals surface area contributed by atoms with E-state index < -0.39 is 0 Å². The maximum atomic E-state index is 6.35. The number of halogens is 1. The van der Waals surface area contributed by atoms with Crippen molar-refractivity contribution >= 4 is 33.1 Å². The molecule has 0 spiro atoms. The second-order valence-corrected chi connectivity index (χ2v) is 8.26. The number of nitrogens with zero attached hydrogens (tertiary/aromatic N) is 1. The van der Waals surface area contributed by atoms with Gasteiger partial charge in [0, 0.05) is 18.1 Å². The number of rotatable bonds is 5. The van der Waals surface area contributed by atoms with Crippen molar-refractivity contribution in [2.24, 2.45) is 5.92 Å². The summed E-state index contributed by atoms with van der Waals surface area (Å²) in [6, 6.07) is 17.1. The largest absolute Gasteiger partial charge is 0.288 e. The highest BCUT2D eigenvalue weighted by atomic mass is 35.5. The van der Waals surface area contributed by atoms with Gasteiger partial charge in [-0.05, 0) is 64.1 Å². The first-order valence-corrected chi connectivity index (χ1v) is 10.4. The molecule has 1 fully saturated rings. The second kappa shape index (κ2) is 8.34. The highest BCUT2D eigenvalue weighted by Crippen LogP contribution is 2.32. The van der Waals surface area contributed by atoms with Crippen molar-refractivity contribution < 1.29 is 0 Å². The Morgan fingerprint density at radius 1 is 0.963 bits per heavy atom. The van der Waals surface area contributed by atoms with Crippen LogP contribution in [0.25, 0.3) is 21.5 Å². The molecule has 3 aromatic rings. The zero-order chi connectivity index (χ0) is 18.6. The minimum Gasteiger partial charge on any atom is -0.288 e. The third-order valence-corrected chi connectivity index (χ3v) is 6.11. The zero-order valence-electron chi connectivity index (χ0n) is 15.8. The quantitative estimate of drug-likeness (QED) is 0.356. The summed E-state index contributed by atoms with van der Waals surface area (Å²) in [6.07, 6.45) is 12.5. The van der Waals surface area contributed by atoms with Gasteiger partial charge in [-0.25, -0.2) is 0 Å². The molecule has 0 saturated heterocycles. The Kier molecular flexibility index (Phi) is 5.67. The van der Waals surface area contributed by atoms with Gasteiger partial charge in [0.25, 0.3) is 0 Å². The number of benzene rings is 3. The van der Waals surface area contributed by atoms with Crippen molar-refractivity contribution in [2.45, 2.75) is 38.6 Å². The smallest absolute Gasteiger partial charge is 0.0601 e. The Balaban J connectivity index is 1.74. The van der Waals surface area contributed by atoms with E-state index in [0.717, 1.165) is 24.0 Å². The molecule has 1 aliphatic rings. The normalized spacial score (nSPS) is 15.4. The van der Waals surface area contributed by atoms with Crippen LogP contribution in [0.2, 0.25) is 5.02 Å². The summed E-state index contributed by atoms with van der Waals surface area (Å²) in [4.78, 5) is 2.46. The van der Waals surface area contributed by atoms with Crippen molar-refractivity contribution in [3.8, 4) is 12.3 Å². The van der Waals surface area contributed by atoms with E-state index in [2.05, 4.69) is 53.3 Å². The molecule has 0 bridgehead atoms. The van der Waals surface area contributed by atoms with E-state index in [0.29, 0.717) is 6.54 Å². The van der Waals surface area contributed by atoms with Gasteiger partial charge in [-0.15, -0.1) is 6.42 Å². The molecule has 1 aliphatic carbocycles. The first-order chi connectivity index (χ1) is 13.2. The molecule has 0 radical (unpaired) electrons. The maximum absolute atomic E-state index is 6.35. The van der Waals surface area contributed by atoms with Gasteiger partial charge in [-0.2, -0.15) is 0 Å². The summed E-state index contributed by atoms with van der Waals surface area (Å²) in [7, 11) is 0. The fraction of sp³-hybridized carbons (Fsp3) is 0.360. The van der Waals surface area contributed by atoms with Gasteiger partial charge < -0.3 is 0 Å². The molecule has 3 aromatic carbocycles. The number of hydrogen-bond acceptors (Lipinski definition) is 1. The van der Waals surface area contributed by atoms with E-state index in [4.69, 9.17) is 18.0 Å². The van der Waals surface area contributed by atoms with E-state index in [-0.39, 0.29) is 0 Å². The average Bonchev–Trinajstić information content (AvgIpc) is 2.69. The molecule has 0 aliphatic heterocycles. The minimum atomic E-state index is 0.696. The third-order valence-electron chi connectivity index (χ3n) is 5.88. The first kappa shape index (κ1) is 18.4. The van der Waals surface area contributed by atoms with Crippen LogP contribution in [0.5, 0.6) is 0 Å². The Morgan fingerprint density at radius 2 is 1.74 bits per heavy atom. The number of hydrogen-bond donors (Lipinski definition) is 0. The summed E-state index contributed by atoms with van der Waals surface area (Å²) in [5, 5.41) is 5.85. The Hall–Kier alpha value is -2.01. The van der Waals surface area contributed by atoms with Crippen molar-refractivity contribution in [3.63, 3.8) is 0 Å². The molecule has 0 atom stereocenters. The highest BCUT2D eigenvalue weighted by molar-refractivity contribution is 6.31. The van der Waals surface area contributed by atoms with Crippen LogP contribution >= 0.6 is 11.6 Å². The lowest BCUT2D eigenvalue weighted by Crippen LogP contribution is -2.30. The molecule has 0 N–H and O–H groups in total. The molecule has 1 saturated carbocycles. The Bertz CT molecular complexity index is 979. The predicted molar refractivity (Wildman–Crippen MR) is 117 cm³/mol. The fourth-order valence-electron chi connectivity index (χ4n) is 4.57. The average molecular weight is 376 g/mol. The van der Waals surface area contributed by atoms with Crippen molar-refractivity contribution in [3.05, 3.63) is 59.1 Å². The molecular weight excluding hydrogens is 350 g/mol. The van der Waals surface area contributed by atoms with Crippen LogP contribution in [0.1, 0.15) is 37.7 Å². The van der Waals surface area contributed by atoms with Crippen molar-refractivity contribution in [1.29, 1.82) is 0 Å².